The highest BCUT2D eigenvalue weighted by Crippen LogP contribution is 2.32. The molecule has 0 spiro atoms. The van der Waals surface area contributed by atoms with Crippen LogP contribution in [0.4, 0.5) is 5.82 Å². The van der Waals surface area contributed by atoms with Gasteiger partial charge in [0.15, 0.2) is 6.61 Å². The third-order valence-corrected chi connectivity index (χ3v) is 7.17. The molecule has 8 nitrogen and oxygen atoms in total. The van der Waals surface area contributed by atoms with E-state index >= 15 is 0 Å². The third-order valence-electron chi connectivity index (χ3n) is 5.76. The molecule has 0 atom stereocenters. The highest BCUT2D eigenvalue weighted by Gasteiger charge is 2.24. The van der Waals surface area contributed by atoms with Crippen molar-refractivity contribution in [3.63, 3.8) is 0 Å². The molecule has 0 N–H and O–H groups in total. The second-order valence-corrected chi connectivity index (χ2v) is 9.35. The number of rotatable bonds is 5. The lowest BCUT2D eigenvalue weighted by Gasteiger charge is -2.35. The molecule has 4 heterocycles. The number of esters is 1. The van der Waals surface area contributed by atoms with Gasteiger partial charge in [-0.3, -0.25) is 4.79 Å². The van der Waals surface area contributed by atoms with Gasteiger partial charge in [-0.2, -0.15) is 5.10 Å². The second kappa shape index (κ2) is 9.44. The van der Waals surface area contributed by atoms with Gasteiger partial charge in [-0.25, -0.2) is 14.5 Å². The van der Waals surface area contributed by atoms with Crippen LogP contribution < -0.4 is 4.90 Å². The Morgan fingerprint density at radius 2 is 1.85 bits per heavy atom. The van der Waals surface area contributed by atoms with Gasteiger partial charge in [-0.1, -0.05) is 29.8 Å². The average Bonchev–Trinajstić information content (AvgIpc) is 3.44. The highest BCUT2D eigenvalue weighted by atomic mass is 35.5. The summed E-state index contributed by atoms with van der Waals surface area (Å²) in [7, 11) is 0. The van der Waals surface area contributed by atoms with E-state index < -0.39 is 5.97 Å². The van der Waals surface area contributed by atoms with Crippen LogP contribution in [0.1, 0.15) is 15.4 Å². The van der Waals surface area contributed by atoms with E-state index in [4.69, 9.17) is 16.3 Å². The first-order chi connectivity index (χ1) is 16.5. The predicted octanol–water partition coefficient (Wildman–Crippen LogP) is 3.95. The molecule has 1 aliphatic heterocycles. The molecule has 1 saturated heterocycles. The summed E-state index contributed by atoms with van der Waals surface area (Å²) in [6.45, 7) is 4.08. The fourth-order valence-corrected chi connectivity index (χ4v) is 5.24. The molecule has 10 heteroatoms. The number of aromatic nitrogens is 3. The van der Waals surface area contributed by atoms with Crippen molar-refractivity contribution in [1.29, 1.82) is 0 Å². The molecule has 34 heavy (non-hydrogen) atoms. The van der Waals surface area contributed by atoms with Crippen LogP contribution >= 0.6 is 22.9 Å². The number of carbonyl (C=O) groups excluding carboxylic acids is 2. The Labute approximate surface area is 205 Å². The van der Waals surface area contributed by atoms with Crippen molar-refractivity contribution in [1.82, 2.24) is 19.7 Å². The number of hydrogen-bond acceptors (Lipinski definition) is 7. The first kappa shape index (κ1) is 22.4. The second-order valence-electron chi connectivity index (χ2n) is 7.91. The number of anilines is 1. The maximum Gasteiger partial charge on any atom is 0.348 e. The van der Waals surface area contributed by atoms with Crippen molar-refractivity contribution in [2.45, 2.75) is 6.92 Å². The quantitative estimate of drug-likeness (QED) is 0.390. The standard InChI is InChI=1S/C24H22ClN5O3S/c1-16-17-14-20(34-23(17)30(27-16)19-7-3-2-6-18(19)25)24(32)33-15-22(31)29-12-10-28(11-13-29)21-8-4-5-9-26-21/h2-9,14H,10-13,15H2,1H3. The number of fused-ring (bicyclic) bond motifs is 1. The Bertz CT molecular complexity index is 1350. The van der Waals surface area contributed by atoms with Gasteiger partial charge in [-0.05, 0) is 37.3 Å². The summed E-state index contributed by atoms with van der Waals surface area (Å²) in [6.07, 6.45) is 1.76. The van der Waals surface area contributed by atoms with Crippen molar-refractivity contribution < 1.29 is 14.3 Å². The van der Waals surface area contributed by atoms with E-state index in [1.54, 1.807) is 27.9 Å². The van der Waals surface area contributed by atoms with E-state index in [9.17, 15) is 9.59 Å². The van der Waals surface area contributed by atoms with Crippen LogP contribution in [0.3, 0.4) is 0 Å². The van der Waals surface area contributed by atoms with Crippen molar-refractivity contribution in [2.24, 2.45) is 0 Å². The summed E-state index contributed by atoms with van der Waals surface area (Å²) in [6, 6.07) is 14.9. The normalized spacial score (nSPS) is 13.9. The summed E-state index contributed by atoms with van der Waals surface area (Å²) < 4.78 is 7.10. The Morgan fingerprint density at radius 3 is 2.59 bits per heavy atom. The Morgan fingerprint density at radius 1 is 1.09 bits per heavy atom. The molecule has 1 fully saturated rings. The van der Waals surface area contributed by atoms with Crippen LogP contribution in [0, 0.1) is 6.92 Å². The number of thiophene rings is 1. The van der Waals surface area contributed by atoms with Gasteiger partial charge >= 0.3 is 5.97 Å². The average molecular weight is 496 g/mol. The lowest BCUT2D eigenvalue weighted by Crippen LogP contribution is -2.50. The van der Waals surface area contributed by atoms with Crippen LogP contribution in [0.5, 0.6) is 0 Å². The molecule has 4 aromatic rings. The number of para-hydroxylation sites is 1. The van der Waals surface area contributed by atoms with Crippen LogP contribution in [-0.4, -0.2) is 64.3 Å². The number of pyridine rings is 1. The lowest BCUT2D eigenvalue weighted by molar-refractivity contribution is -0.134. The number of piperazine rings is 1. The number of carbonyl (C=O) groups is 2. The van der Waals surface area contributed by atoms with Gasteiger partial charge in [-0.15, -0.1) is 11.3 Å². The molecule has 1 aliphatic rings. The van der Waals surface area contributed by atoms with Crippen LogP contribution in [0.25, 0.3) is 15.9 Å². The molecule has 0 bridgehead atoms. The van der Waals surface area contributed by atoms with Gasteiger partial charge in [0.1, 0.15) is 15.5 Å². The van der Waals surface area contributed by atoms with Crippen molar-refractivity contribution in [2.75, 3.05) is 37.7 Å². The number of hydrogen-bond donors (Lipinski definition) is 0. The predicted molar refractivity (Wildman–Crippen MR) is 132 cm³/mol. The van der Waals surface area contributed by atoms with Gasteiger partial charge in [0.25, 0.3) is 5.91 Å². The number of nitrogens with zero attached hydrogens (tertiary/aromatic N) is 5. The number of halogens is 1. The lowest BCUT2D eigenvalue weighted by atomic mass is 10.3. The van der Waals surface area contributed by atoms with Gasteiger partial charge < -0.3 is 14.5 Å². The fraction of sp³-hybridized carbons (Fsp3) is 0.250. The molecule has 0 unspecified atom stereocenters. The number of benzene rings is 1. The van der Waals surface area contributed by atoms with Gasteiger partial charge in [0.05, 0.1) is 16.4 Å². The summed E-state index contributed by atoms with van der Waals surface area (Å²) in [5.74, 6) is 0.178. The monoisotopic (exact) mass is 495 g/mol. The molecular weight excluding hydrogens is 474 g/mol. The molecule has 1 amide bonds. The van der Waals surface area contributed by atoms with Gasteiger partial charge in [0, 0.05) is 37.8 Å². The van der Waals surface area contributed by atoms with Crippen LogP contribution in [0.2, 0.25) is 5.02 Å². The van der Waals surface area contributed by atoms with Crippen molar-refractivity contribution >= 4 is 50.8 Å². The largest absolute Gasteiger partial charge is 0.451 e. The Balaban J connectivity index is 1.22. The number of aryl methyl sites for hydroxylation is 1. The fourth-order valence-electron chi connectivity index (χ4n) is 3.95. The summed E-state index contributed by atoms with van der Waals surface area (Å²) in [5.41, 5.74) is 1.52. The molecule has 0 radical (unpaired) electrons. The van der Waals surface area contributed by atoms with Crippen LogP contribution in [0.15, 0.2) is 54.7 Å². The minimum atomic E-state index is -0.521. The van der Waals surface area contributed by atoms with E-state index in [2.05, 4.69) is 15.0 Å². The van der Waals surface area contributed by atoms with Crippen molar-refractivity contribution in [3.8, 4) is 5.69 Å². The topological polar surface area (TPSA) is 80.6 Å². The summed E-state index contributed by atoms with van der Waals surface area (Å²) >= 11 is 7.61. The van der Waals surface area contributed by atoms with E-state index in [1.165, 1.54) is 11.3 Å². The smallest absolute Gasteiger partial charge is 0.348 e. The van der Waals surface area contributed by atoms with E-state index in [0.29, 0.717) is 36.1 Å². The zero-order chi connectivity index (χ0) is 23.7. The minimum absolute atomic E-state index is 0.200. The summed E-state index contributed by atoms with van der Waals surface area (Å²) in [5, 5.41) is 5.99. The highest BCUT2D eigenvalue weighted by molar-refractivity contribution is 7.20. The zero-order valence-corrected chi connectivity index (χ0v) is 20.1. The molecule has 174 valence electrons. The zero-order valence-electron chi connectivity index (χ0n) is 18.5. The maximum absolute atomic E-state index is 12.7. The Kier molecular flexibility index (Phi) is 6.21. The molecule has 1 aromatic carbocycles. The number of ether oxygens (including phenoxy) is 1. The first-order valence-electron chi connectivity index (χ1n) is 10.9. The number of amides is 1. The SMILES string of the molecule is Cc1nn(-c2ccccc2Cl)c2sc(C(=O)OCC(=O)N3CCN(c4ccccn4)CC3)cc12. The first-order valence-corrected chi connectivity index (χ1v) is 12.1. The van der Waals surface area contributed by atoms with E-state index in [-0.39, 0.29) is 12.5 Å². The molecule has 5 rings (SSSR count). The van der Waals surface area contributed by atoms with E-state index in [1.807, 2.05) is 43.3 Å². The Hall–Kier alpha value is -3.43. The third kappa shape index (κ3) is 4.36. The molecule has 3 aromatic heterocycles. The van der Waals surface area contributed by atoms with E-state index in [0.717, 1.165) is 27.4 Å². The minimum Gasteiger partial charge on any atom is -0.451 e. The van der Waals surface area contributed by atoms with Gasteiger partial charge in [0.2, 0.25) is 0 Å². The van der Waals surface area contributed by atoms with Crippen molar-refractivity contribution in [3.05, 3.63) is 70.3 Å². The molecular formula is C24H22ClN5O3S. The molecule has 0 saturated carbocycles. The maximum atomic E-state index is 12.7. The van der Waals surface area contributed by atoms with Crippen LogP contribution in [-0.2, 0) is 9.53 Å². The molecule has 0 aliphatic carbocycles. The summed E-state index contributed by atoms with van der Waals surface area (Å²) in [4.78, 5) is 34.8.